The smallest absolute Gasteiger partial charge is 0.420 e. The van der Waals surface area contributed by atoms with Gasteiger partial charge in [0.2, 0.25) is 6.41 Å². The quantitative estimate of drug-likeness (QED) is 0.183. The molecule has 1 N–H and O–H groups in total. The summed E-state index contributed by atoms with van der Waals surface area (Å²) < 4.78 is 25.7. The third-order valence-corrected chi connectivity index (χ3v) is 8.12. The van der Waals surface area contributed by atoms with E-state index in [9.17, 15) is 19.1 Å². The molecular weight excluding hydrogens is 607 g/mol. The van der Waals surface area contributed by atoms with Gasteiger partial charge in [0.1, 0.15) is 30.1 Å². The Labute approximate surface area is 263 Å². The summed E-state index contributed by atoms with van der Waals surface area (Å²) in [6, 6.07) is 12.2. The standard InChI is InChI=1S/C32H30ClFN4O5S/c1-32(2,3)43-31(41)38(23-10-12-28(26(33)14-23)42-17-20-5-4-6-21(34)13-20)30-29-27(35-18-36-30)15-25(44-29)11-9-22-7-8-24(16-39)37(22)19-40/h4-6,10,12-15,18-19,22,24,39H,7-8,16-17H2,1-3H3. The second kappa shape index (κ2) is 13.2. The molecule has 1 aliphatic rings. The van der Waals surface area contributed by atoms with Crippen molar-refractivity contribution in [1.29, 1.82) is 0 Å². The van der Waals surface area contributed by atoms with Crippen molar-refractivity contribution in [3.8, 4) is 17.6 Å². The van der Waals surface area contributed by atoms with Crippen LogP contribution in [0.3, 0.4) is 0 Å². The number of benzene rings is 2. The summed E-state index contributed by atoms with van der Waals surface area (Å²) in [7, 11) is 0. The highest BCUT2D eigenvalue weighted by Crippen LogP contribution is 2.38. The van der Waals surface area contributed by atoms with Crippen LogP contribution >= 0.6 is 22.9 Å². The summed E-state index contributed by atoms with van der Waals surface area (Å²) >= 11 is 7.90. The molecule has 0 bridgehead atoms. The van der Waals surface area contributed by atoms with E-state index in [1.54, 1.807) is 62.1 Å². The minimum atomic E-state index is -0.802. The van der Waals surface area contributed by atoms with E-state index in [4.69, 9.17) is 21.1 Å². The van der Waals surface area contributed by atoms with Crippen LogP contribution in [0.4, 0.5) is 20.7 Å². The van der Waals surface area contributed by atoms with Crippen molar-refractivity contribution < 1.29 is 28.6 Å². The number of fused-ring (bicyclic) bond motifs is 1. The SMILES string of the molecule is CC(C)(C)OC(=O)N(c1ccc(OCc2cccc(F)c2)c(Cl)c1)c1ncnc2cc(C#CC3CCC(CO)N3C=O)sc12. The largest absolute Gasteiger partial charge is 0.487 e. The molecule has 44 heavy (non-hydrogen) atoms. The van der Waals surface area contributed by atoms with Gasteiger partial charge in [0, 0.05) is 0 Å². The minimum Gasteiger partial charge on any atom is -0.487 e. The average molecular weight is 637 g/mol. The number of anilines is 2. The van der Waals surface area contributed by atoms with Crippen LogP contribution in [0, 0.1) is 17.7 Å². The summed E-state index contributed by atoms with van der Waals surface area (Å²) in [5, 5.41) is 9.77. The van der Waals surface area contributed by atoms with E-state index in [0.29, 0.717) is 44.9 Å². The number of nitrogens with zero attached hydrogens (tertiary/aromatic N) is 4. The summed E-state index contributed by atoms with van der Waals surface area (Å²) in [5.74, 6) is 6.53. The lowest BCUT2D eigenvalue weighted by Gasteiger charge is -2.27. The van der Waals surface area contributed by atoms with Gasteiger partial charge in [-0.1, -0.05) is 35.6 Å². The number of aromatic nitrogens is 2. The lowest BCUT2D eigenvalue weighted by Crippen LogP contribution is -2.36. The van der Waals surface area contributed by atoms with E-state index in [1.807, 2.05) is 0 Å². The predicted molar refractivity (Wildman–Crippen MR) is 167 cm³/mol. The summed E-state index contributed by atoms with van der Waals surface area (Å²) in [6.07, 6.45) is 2.75. The van der Waals surface area contributed by atoms with Crippen LogP contribution in [0.2, 0.25) is 5.02 Å². The van der Waals surface area contributed by atoms with Crippen LogP contribution in [0.25, 0.3) is 10.2 Å². The van der Waals surface area contributed by atoms with E-state index in [0.717, 1.165) is 6.41 Å². The van der Waals surface area contributed by atoms with Gasteiger partial charge in [-0.25, -0.2) is 24.1 Å². The zero-order valence-electron chi connectivity index (χ0n) is 24.3. The number of hydrogen-bond donors (Lipinski definition) is 1. The van der Waals surface area contributed by atoms with E-state index >= 15 is 0 Å². The molecule has 1 aliphatic heterocycles. The molecular formula is C32H30ClFN4O5S. The molecule has 3 heterocycles. The maximum atomic E-state index is 13.6. The zero-order chi connectivity index (χ0) is 31.4. The third kappa shape index (κ3) is 7.10. The highest BCUT2D eigenvalue weighted by Gasteiger charge is 2.31. The molecule has 9 nitrogen and oxygen atoms in total. The van der Waals surface area contributed by atoms with Gasteiger partial charge in [-0.15, -0.1) is 11.3 Å². The third-order valence-electron chi connectivity index (χ3n) is 6.79. The number of aliphatic hydroxyl groups is 1. The molecule has 228 valence electrons. The molecule has 5 rings (SSSR count). The Hall–Kier alpha value is -4.24. The van der Waals surface area contributed by atoms with Crippen molar-refractivity contribution in [1.82, 2.24) is 14.9 Å². The molecule has 2 aromatic carbocycles. The number of rotatable bonds is 7. The Morgan fingerprint density at radius 2 is 2.05 bits per heavy atom. The van der Waals surface area contributed by atoms with E-state index in [2.05, 4.69) is 21.8 Å². The first-order valence-electron chi connectivity index (χ1n) is 13.9. The first-order chi connectivity index (χ1) is 21.1. The van der Waals surface area contributed by atoms with E-state index < -0.39 is 11.7 Å². The second-order valence-corrected chi connectivity index (χ2v) is 12.6. The predicted octanol–water partition coefficient (Wildman–Crippen LogP) is 6.47. The van der Waals surface area contributed by atoms with Gasteiger partial charge in [-0.3, -0.25) is 4.79 Å². The van der Waals surface area contributed by atoms with Crippen LogP contribution in [-0.2, 0) is 16.1 Å². The zero-order valence-corrected chi connectivity index (χ0v) is 25.9. The first kappa shape index (κ1) is 31.2. The highest BCUT2D eigenvalue weighted by molar-refractivity contribution is 7.20. The number of carbonyl (C=O) groups is 2. The monoisotopic (exact) mass is 636 g/mol. The molecule has 0 aliphatic carbocycles. The molecule has 0 spiro atoms. The Morgan fingerprint density at radius 1 is 1.23 bits per heavy atom. The summed E-state index contributed by atoms with van der Waals surface area (Å²) in [4.78, 5) is 37.6. The Kier molecular flexibility index (Phi) is 9.34. The lowest BCUT2D eigenvalue weighted by atomic mass is 10.2. The van der Waals surface area contributed by atoms with Crippen LogP contribution < -0.4 is 9.64 Å². The molecule has 4 aromatic rings. The molecule has 0 radical (unpaired) electrons. The molecule has 2 atom stereocenters. The Morgan fingerprint density at radius 3 is 2.75 bits per heavy atom. The van der Waals surface area contributed by atoms with Crippen LogP contribution in [0.15, 0.2) is 54.9 Å². The maximum Gasteiger partial charge on any atom is 0.420 e. The van der Waals surface area contributed by atoms with Gasteiger partial charge in [-0.05, 0) is 75.6 Å². The fraction of sp³-hybridized carbons (Fsp3) is 0.312. The number of likely N-dealkylation sites (tertiary alicyclic amines) is 1. The van der Waals surface area contributed by atoms with Crippen molar-refractivity contribution in [2.75, 3.05) is 11.5 Å². The first-order valence-corrected chi connectivity index (χ1v) is 15.1. The minimum absolute atomic E-state index is 0.101. The van der Waals surface area contributed by atoms with Gasteiger partial charge >= 0.3 is 6.09 Å². The molecule has 0 saturated carbocycles. The fourth-order valence-corrected chi connectivity index (χ4v) is 5.95. The van der Waals surface area contributed by atoms with Gasteiger partial charge < -0.3 is 19.5 Å². The molecule has 2 amide bonds. The summed E-state index contributed by atoms with van der Waals surface area (Å²) in [6.45, 7) is 5.29. The number of thiophene rings is 1. The lowest BCUT2D eigenvalue weighted by molar-refractivity contribution is -0.120. The maximum absolute atomic E-state index is 13.6. The van der Waals surface area contributed by atoms with Crippen molar-refractivity contribution in [3.63, 3.8) is 0 Å². The van der Waals surface area contributed by atoms with Crippen molar-refractivity contribution >= 4 is 57.2 Å². The van der Waals surface area contributed by atoms with Gasteiger partial charge in [-0.2, -0.15) is 0 Å². The normalized spacial score (nSPS) is 16.4. The van der Waals surface area contributed by atoms with Crippen LogP contribution in [0.5, 0.6) is 5.75 Å². The van der Waals surface area contributed by atoms with E-state index in [-0.39, 0.29) is 42.0 Å². The van der Waals surface area contributed by atoms with Crippen molar-refractivity contribution in [2.45, 2.75) is 57.9 Å². The summed E-state index contributed by atoms with van der Waals surface area (Å²) in [5.41, 5.74) is 0.793. The average Bonchev–Trinajstić information content (AvgIpc) is 3.58. The second-order valence-electron chi connectivity index (χ2n) is 11.1. The van der Waals surface area contributed by atoms with Crippen LogP contribution in [-0.4, -0.2) is 56.8 Å². The number of ether oxygens (including phenoxy) is 2. The van der Waals surface area contributed by atoms with Crippen molar-refractivity contribution in [3.05, 3.63) is 76.1 Å². The van der Waals surface area contributed by atoms with Gasteiger partial charge in [0.25, 0.3) is 0 Å². The van der Waals surface area contributed by atoms with E-state index in [1.165, 1.54) is 34.7 Å². The number of aliphatic hydroxyl groups excluding tert-OH is 1. The molecule has 12 heteroatoms. The molecule has 1 saturated heterocycles. The Bertz CT molecular complexity index is 1750. The molecule has 2 aromatic heterocycles. The number of halogens is 2. The van der Waals surface area contributed by atoms with Crippen LogP contribution in [0.1, 0.15) is 44.1 Å². The number of carbonyl (C=O) groups excluding carboxylic acids is 2. The molecule has 1 fully saturated rings. The Balaban J connectivity index is 1.48. The highest BCUT2D eigenvalue weighted by atomic mass is 35.5. The number of hydrogen-bond acceptors (Lipinski definition) is 8. The van der Waals surface area contributed by atoms with Crippen molar-refractivity contribution in [2.24, 2.45) is 0 Å². The van der Waals surface area contributed by atoms with Gasteiger partial charge in [0.05, 0.1) is 44.5 Å². The molecule has 2 unspecified atom stereocenters. The topological polar surface area (TPSA) is 105 Å². The van der Waals surface area contributed by atoms with Gasteiger partial charge in [0.15, 0.2) is 5.82 Å². The fourth-order valence-electron chi connectivity index (χ4n) is 4.77. The number of amides is 2.